The number of carbonyl (C=O) groups is 1. The van der Waals surface area contributed by atoms with Crippen LogP contribution in [-0.2, 0) is 4.74 Å². The largest absolute Gasteiger partial charge is 0.447 e. The molecular weight excluding hydrogens is 284 g/mol. The van der Waals surface area contributed by atoms with Crippen molar-refractivity contribution < 1.29 is 9.53 Å². The van der Waals surface area contributed by atoms with Crippen LogP contribution in [0.4, 0.5) is 16.2 Å². The average Bonchev–Trinajstić information content (AvgIpc) is 3.08. The first-order valence-corrected chi connectivity index (χ1v) is 7.82. The molecule has 2 heterocycles. The van der Waals surface area contributed by atoms with Crippen molar-refractivity contribution in [1.29, 1.82) is 0 Å². The molecule has 1 unspecified atom stereocenters. The van der Waals surface area contributed by atoms with Gasteiger partial charge in [-0.15, -0.1) is 11.3 Å². The highest BCUT2D eigenvalue weighted by Crippen LogP contribution is 2.28. The summed E-state index contributed by atoms with van der Waals surface area (Å²) >= 11 is 1.80. The molecule has 1 fully saturated rings. The molecule has 2 aromatic rings. The highest BCUT2D eigenvalue weighted by Gasteiger charge is 2.23. The summed E-state index contributed by atoms with van der Waals surface area (Å²) < 4.78 is 4.98. The van der Waals surface area contributed by atoms with Crippen molar-refractivity contribution in [3.63, 3.8) is 0 Å². The van der Waals surface area contributed by atoms with E-state index in [1.165, 1.54) is 9.75 Å². The molecular formula is C16H18N2O2S. The Morgan fingerprint density at radius 3 is 2.86 bits per heavy atom. The number of cyclic esters (lactones) is 1. The highest BCUT2D eigenvalue weighted by molar-refractivity contribution is 7.12. The molecule has 4 nitrogen and oxygen atoms in total. The molecule has 110 valence electrons. The molecule has 1 aliphatic heterocycles. The third-order valence-electron chi connectivity index (χ3n) is 3.49. The van der Waals surface area contributed by atoms with E-state index in [9.17, 15) is 4.79 Å². The minimum Gasteiger partial charge on any atom is -0.447 e. The van der Waals surface area contributed by atoms with Crippen molar-refractivity contribution in [2.45, 2.75) is 19.9 Å². The number of hydrogen-bond donors (Lipinski definition) is 1. The summed E-state index contributed by atoms with van der Waals surface area (Å²) in [5.74, 6) is 0. The standard InChI is InChI=1S/C16H18N2O2S/c1-11-6-7-15(21-11)12(2)17-13-4-3-5-14(10-13)18-8-9-20-16(18)19/h3-7,10,12,17H,8-9H2,1-2H3. The number of thiophene rings is 1. The van der Waals surface area contributed by atoms with E-state index >= 15 is 0 Å². The monoisotopic (exact) mass is 302 g/mol. The molecule has 0 radical (unpaired) electrons. The van der Waals surface area contributed by atoms with Gasteiger partial charge in [0.25, 0.3) is 0 Å². The van der Waals surface area contributed by atoms with Crippen LogP contribution >= 0.6 is 11.3 Å². The van der Waals surface area contributed by atoms with Gasteiger partial charge in [-0.2, -0.15) is 0 Å². The van der Waals surface area contributed by atoms with Crippen molar-refractivity contribution in [1.82, 2.24) is 0 Å². The fraction of sp³-hybridized carbons (Fsp3) is 0.312. The fourth-order valence-corrected chi connectivity index (χ4v) is 3.28. The average molecular weight is 302 g/mol. The van der Waals surface area contributed by atoms with Gasteiger partial charge in [-0.05, 0) is 44.2 Å². The van der Waals surface area contributed by atoms with Gasteiger partial charge in [0.1, 0.15) is 6.61 Å². The fourth-order valence-electron chi connectivity index (χ4n) is 2.40. The zero-order chi connectivity index (χ0) is 14.8. The summed E-state index contributed by atoms with van der Waals surface area (Å²) in [6.45, 7) is 5.33. The van der Waals surface area contributed by atoms with Crippen LogP contribution in [0.15, 0.2) is 36.4 Å². The first-order chi connectivity index (χ1) is 10.1. The maximum Gasteiger partial charge on any atom is 0.414 e. The van der Waals surface area contributed by atoms with Crippen LogP contribution in [-0.4, -0.2) is 19.2 Å². The van der Waals surface area contributed by atoms with E-state index in [1.807, 2.05) is 24.3 Å². The number of aryl methyl sites for hydroxylation is 1. The van der Waals surface area contributed by atoms with Gasteiger partial charge in [0.2, 0.25) is 0 Å². The molecule has 1 N–H and O–H groups in total. The number of benzene rings is 1. The smallest absolute Gasteiger partial charge is 0.414 e. The molecule has 21 heavy (non-hydrogen) atoms. The van der Waals surface area contributed by atoms with Crippen LogP contribution in [0.3, 0.4) is 0 Å². The number of carbonyl (C=O) groups excluding carboxylic acids is 1. The Kier molecular flexibility index (Phi) is 3.84. The molecule has 0 aliphatic carbocycles. The van der Waals surface area contributed by atoms with Gasteiger partial charge in [0.05, 0.1) is 12.6 Å². The van der Waals surface area contributed by atoms with E-state index in [2.05, 4.69) is 31.3 Å². The van der Waals surface area contributed by atoms with Crippen molar-refractivity contribution in [3.05, 3.63) is 46.2 Å². The predicted octanol–water partition coefficient (Wildman–Crippen LogP) is 4.19. The maximum atomic E-state index is 11.6. The lowest BCUT2D eigenvalue weighted by atomic mass is 10.2. The maximum absolute atomic E-state index is 11.6. The number of ether oxygens (including phenoxy) is 1. The van der Waals surface area contributed by atoms with Crippen LogP contribution in [0.5, 0.6) is 0 Å². The molecule has 1 aromatic carbocycles. The summed E-state index contributed by atoms with van der Waals surface area (Å²) in [5, 5.41) is 3.48. The topological polar surface area (TPSA) is 41.6 Å². The molecule has 5 heteroatoms. The highest BCUT2D eigenvalue weighted by atomic mass is 32.1. The molecule has 0 spiro atoms. The van der Waals surface area contributed by atoms with Crippen molar-refractivity contribution in [2.24, 2.45) is 0 Å². The number of nitrogens with one attached hydrogen (secondary N) is 1. The summed E-state index contributed by atoms with van der Waals surface area (Å²) in [7, 11) is 0. The minimum atomic E-state index is -0.269. The summed E-state index contributed by atoms with van der Waals surface area (Å²) in [6, 6.07) is 12.4. The molecule has 1 aliphatic rings. The molecule has 1 saturated heterocycles. The number of hydrogen-bond acceptors (Lipinski definition) is 4. The van der Waals surface area contributed by atoms with Gasteiger partial charge < -0.3 is 10.1 Å². The van der Waals surface area contributed by atoms with Crippen LogP contribution in [0.1, 0.15) is 22.7 Å². The van der Waals surface area contributed by atoms with E-state index < -0.39 is 0 Å². The predicted molar refractivity (Wildman–Crippen MR) is 86.2 cm³/mol. The van der Waals surface area contributed by atoms with Gasteiger partial charge in [-0.25, -0.2) is 4.79 Å². The zero-order valence-electron chi connectivity index (χ0n) is 12.1. The molecule has 1 atom stereocenters. The Hall–Kier alpha value is -2.01. The lowest BCUT2D eigenvalue weighted by Crippen LogP contribution is -2.23. The van der Waals surface area contributed by atoms with Crippen molar-refractivity contribution in [3.8, 4) is 0 Å². The van der Waals surface area contributed by atoms with Crippen LogP contribution in [0.2, 0.25) is 0 Å². The minimum absolute atomic E-state index is 0.240. The van der Waals surface area contributed by atoms with Gasteiger partial charge >= 0.3 is 6.09 Å². The second-order valence-corrected chi connectivity index (χ2v) is 6.45. The Labute approximate surface area is 128 Å². The molecule has 1 amide bonds. The number of amides is 1. The summed E-state index contributed by atoms with van der Waals surface area (Å²) in [5.41, 5.74) is 1.88. The number of anilines is 2. The van der Waals surface area contributed by atoms with Gasteiger partial charge in [0, 0.05) is 21.1 Å². The SMILES string of the molecule is Cc1ccc(C(C)Nc2cccc(N3CCOC3=O)c2)s1. The summed E-state index contributed by atoms with van der Waals surface area (Å²) in [4.78, 5) is 15.9. The number of rotatable bonds is 4. The van der Waals surface area contributed by atoms with E-state index in [-0.39, 0.29) is 12.1 Å². The normalized spacial score (nSPS) is 15.9. The third kappa shape index (κ3) is 3.03. The van der Waals surface area contributed by atoms with Crippen LogP contribution in [0, 0.1) is 6.92 Å². The lowest BCUT2D eigenvalue weighted by molar-refractivity contribution is 0.181. The third-order valence-corrected chi connectivity index (χ3v) is 4.67. The van der Waals surface area contributed by atoms with Gasteiger partial charge in [-0.3, -0.25) is 4.90 Å². The molecule has 1 aromatic heterocycles. The van der Waals surface area contributed by atoms with Crippen LogP contribution < -0.4 is 10.2 Å². The Bertz CT molecular complexity index is 653. The second-order valence-electron chi connectivity index (χ2n) is 5.13. The first kappa shape index (κ1) is 13.9. The summed E-state index contributed by atoms with van der Waals surface area (Å²) in [6.07, 6.45) is -0.269. The second kappa shape index (κ2) is 5.77. The van der Waals surface area contributed by atoms with Crippen molar-refractivity contribution >= 4 is 28.8 Å². The van der Waals surface area contributed by atoms with E-state index in [4.69, 9.17) is 4.74 Å². The van der Waals surface area contributed by atoms with E-state index in [0.29, 0.717) is 13.2 Å². The van der Waals surface area contributed by atoms with Gasteiger partial charge in [0.15, 0.2) is 0 Å². The Balaban J connectivity index is 1.75. The van der Waals surface area contributed by atoms with Gasteiger partial charge in [-0.1, -0.05) is 6.07 Å². The molecule has 0 saturated carbocycles. The molecule has 0 bridgehead atoms. The van der Waals surface area contributed by atoms with Crippen LogP contribution in [0.25, 0.3) is 0 Å². The Morgan fingerprint density at radius 2 is 2.19 bits per heavy atom. The first-order valence-electron chi connectivity index (χ1n) is 7.01. The quantitative estimate of drug-likeness (QED) is 0.921. The lowest BCUT2D eigenvalue weighted by Gasteiger charge is -2.17. The zero-order valence-corrected chi connectivity index (χ0v) is 12.9. The van der Waals surface area contributed by atoms with E-state index in [1.54, 1.807) is 16.2 Å². The van der Waals surface area contributed by atoms with Crippen molar-refractivity contribution in [2.75, 3.05) is 23.4 Å². The molecule has 3 rings (SSSR count). The Morgan fingerprint density at radius 1 is 1.33 bits per heavy atom. The number of nitrogens with zero attached hydrogens (tertiary/aromatic N) is 1. The van der Waals surface area contributed by atoms with E-state index in [0.717, 1.165) is 11.4 Å².